The summed E-state index contributed by atoms with van der Waals surface area (Å²) in [4.78, 5) is 0. The predicted molar refractivity (Wildman–Crippen MR) is 167 cm³/mol. The van der Waals surface area contributed by atoms with E-state index in [0.717, 1.165) is 89.0 Å². The van der Waals surface area contributed by atoms with Gasteiger partial charge in [-0.2, -0.15) is 0 Å². The molecule has 0 bridgehead atoms. The lowest BCUT2D eigenvalue weighted by atomic mass is 9.88. The van der Waals surface area contributed by atoms with Crippen molar-refractivity contribution >= 4 is 0 Å². The van der Waals surface area contributed by atoms with E-state index in [4.69, 9.17) is 0 Å². The molecule has 0 aliphatic rings. The van der Waals surface area contributed by atoms with Gasteiger partial charge in [-0.25, -0.2) is 0 Å². The minimum absolute atomic E-state index is 0.268. The van der Waals surface area contributed by atoms with E-state index in [9.17, 15) is 20.4 Å². The monoisotopic (exact) mass is 540 g/mol. The van der Waals surface area contributed by atoms with Crippen LogP contribution in [-0.2, 0) is 0 Å². The first-order chi connectivity index (χ1) is 18.5. The van der Waals surface area contributed by atoms with Crippen molar-refractivity contribution in [1.29, 1.82) is 0 Å². The smallest absolute Gasteiger partial charge is 0.126 e. The fourth-order valence-corrected chi connectivity index (χ4v) is 5.53. The highest BCUT2D eigenvalue weighted by Gasteiger charge is 2.21. The molecule has 0 spiro atoms. The Hall–Kier alpha value is -3.92. The van der Waals surface area contributed by atoms with Crippen molar-refractivity contribution in [3.8, 4) is 45.3 Å². The highest BCUT2D eigenvalue weighted by atomic mass is 16.3. The Morgan fingerprint density at radius 1 is 0.275 bits per heavy atom. The van der Waals surface area contributed by atoms with Crippen LogP contribution in [0.1, 0.15) is 66.8 Å². The van der Waals surface area contributed by atoms with Crippen molar-refractivity contribution in [3.05, 3.63) is 91.0 Å². The van der Waals surface area contributed by atoms with Gasteiger partial charge >= 0.3 is 0 Å². The topological polar surface area (TPSA) is 80.9 Å². The van der Waals surface area contributed by atoms with Crippen LogP contribution >= 0.6 is 0 Å². The van der Waals surface area contributed by atoms with Gasteiger partial charge in [-0.05, 0) is 150 Å². The van der Waals surface area contributed by atoms with Crippen LogP contribution in [0.3, 0.4) is 0 Å². The average molecular weight is 541 g/mol. The van der Waals surface area contributed by atoms with Gasteiger partial charge in [0.05, 0.1) is 0 Å². The molecule has 0 fully saturated rings. The molecule has 0 saturated heterocycles. The number of aromatic hydroxyl groups is 4. The Balaban J connectivity index is 0.000000220. The lowest BCUT2D eigenvalue weighted by Gasteiger charge is -2.19. The van der Waals surface area contributed by atoms with Crippen LogP contribution in [0.15, 0.2) is 24.3 Å². The summed E-state index contributed by atoms with van der Waals surface area (Å²) in [6, 6.07) is 8.22. The van der Waals surface area contributed by atoms with Gasteiger partial charge in [0.2, 0.25) is 0 Å². The second kappa shape index (κ2) is 11.3. The zero-order chi connectivity index (χ0) is 30.4. The van der Waals surface area contributed by atoms with E-state index < -0.39 is 0 Å². The van der Waals surface area contributed by atoms with Gasteiger partial charge in [0.15, 0.2) is 0 Å². The summed E-state index contributed by atoms with van der Waals surface area (Å²) >= 11 is 0. The number of aryl methyl sites for hydroxylation is 8. The lowest BCUT2D eigenvalue weighted by Crippen LogP contribution is -1.96. The molecule has 0 aliphatic heterocycles. The fraction of sp³-hybridized carbons (Fsp3) is 0.333. The Morgan fingerprint density at radius 2 is 0.425 bits per heavy atom. The Bertz CT molecular complexity index is 1400. The molecule has 4 aromatic carbocycles. The summed E-state index contributed by atoms with van der Waals surface area (Å²) in [5.74, 6) is 1.07. The van der Waals surface area contributed by atoms with Crippen molar-refractivity contribution in [1.82, 2.24) is 0 Å². The average Bonchev–Trinajstić information content (AvgIpc) is 2.87. The van der Waals surface area contributed by atoms with Gasteiger partial charge in [0.1, 0.15) is 23.0 Å². The van der Waals surface area contributed by atoms with Crippen molar-refractivity contribution in [2.24, 2.45) is 0 Å². The summed E-state index contributed by atoms with van der Waals surface area (Å²) < 4.78 is 0. The Labute approximate surface area is 239 Å². The zero-order valence-corrected chi connectivity index (χ0v) is 26.1. The molecule has 0 heterocycles. The van der Waals surface area contributed by atoms with E-state index in [1.807, 2.05) is 83.1 Å². The zero-order valence-electron chi connectivity index (χ0n) is 26.1. The molecule has 0 atom stereocenters. The number of rotatable bonds is 2. The maximum atomic E-state index is 10.5. The van der Waals surface area contributed by atoms with Gasteiger partial charge in [-0.3, -0.25) is 0 Å². The molecule has 0 unspecified atom stereocenters. The molecular weight excluding hydrogens is 496 g/mol. The third kappa shape index (κ3) is 5.28. The predicted octanol–water partition coefficient (Wildman–Crippen LogP) is 9.23. The van der Waals surface area contributed by atoms with Gasteiger partial charge in [0.25, 0.3) is 0 Å². The number of hydrogen-bond donors (Lipinski definition) is 4. The number of hydrogen-bond acceptors (Lipinski definition) is 4. The summed E-state index contributed by atoms with van der Waals surface area (Å²) in [5.41, 5.74) is 14.6. The summed E-state index contributed by atoms with van der Waals surface area (Å²) in [7, 11) is 0. The van der Waals surface area contributed by atoms with E-state index in [1.54, 1.807) is 0 Å². The number of phenols is 4. The Kier molecular flexibility index (Phi) is 8.64. The molecule has 40 heavy (non-hydrogen) atoms. The van der Waals surface area contributed by atoms with Crippen molar-refractivity contribution in [2.75, 3.05) is 0 Å². The summed E-state index contributed by atoms with van der Waals surface area (Å²) in [5, 5.41) is 42.0. The van der Waals surface area contributed by atoms with E-state index >= 15 is 0 Å². The summed E-state index contributed by atoms with van der Waals surface area (Å²) in [6.45, 7) is 23.4. The molecule has 0 saturated carbocycles. The molecule has 4 heteroatoms. The lowest BCUT2D eigenvalue weighted by molar-refractivity contribution is 0.463. The minimum Gasteiger partial charge on any atom is -0.507 e. The van der Waals surface area contributed by atoms with Crippen molar-refractivity contribution in [2.45, 2.75) is 83.1 Å². The third-order valence-electron chi connectivity index (χ3n) is 8.54. The highest BCUT2D eigenvalue weighted by molar-refractivity contribution is 5.84. The van der Waals surface area contributed by atoms with E-state index in [1.165, 1.54) is 0 Å². The molecule has 0 aromatic heterocycles. The number of benzene rings is 4. The summed E-state index contributed by atoms with van der Waals surface area (Å²) in [6.07, 6.45) is 0. The van der Waals surface area contributed by atoms with Crippen molar-refractivity contribution in [3.63, 3.8) is 0 Å². The first-order valence-electron chi connectivity index (χ1n) is 13.7. The second-order valence-electron chi connectivity index (χ2n) is 11.4. The van der Waals surface area contributed by atoms with Crippen LogP contribution in [0, 0.1) is 83.1 Å². The molecule has 212 valence electrons. The van der Waals surface area contributed by atoms with E-state index in [-0.39, 0.29) is 23.0 Å². The first kappa shape index (κ1) is 30.6. The van der Waals surface area contributed by atoms with E-state index in [2.05, 4.69) is 24.3 Å². The maximum absolute atomic E-state index is 10.5. The van der Waals surface area contributed by atoms with Gasteiger partial charge < -0.3 is 20.4 Å². The standard InChI is InChI=1S/2C18H22O2/c2*1-9-7-11(3)15(17(19)13(9)5)16-12(4)8-10(2)14(6)18(16)20/h2*7-8,19-20H,1-6H3. The molecule has 0 amide bonds. The molecule has 0 aliphatic carbocycles. The SMILES string of the molecule is Cc1cc(C)c(-c2c(C)cc(C)c(C)c2O)c(O)c1C.Cc1cc(C)c(-c2c(C)cc(C)c(C)c2O)c(O)c1C. The largest absolute Gasteiger partial charge is 0.507 e. The van der Waals surface area contributed by atoms with E-state index in [0.29, 0.717) is 0 Å². The molecule has 4 aromatic rings. The molecule has 4 N–H and O–H groups in total. The normalized spacial score (nSPS) is 10.9. The molecule has 0 radical (unpaired) electrons. The molecule has 4 rings (SSSR count). The van der Waals surface area contributed by atoms with Crippen LogP contribution < -0.4 is 0 Å². The van der Waals surface area contributed by atoms with Gasteiger partial charge in [-0.15, -0.1) is 0 Å². The van der Waals surface area contributed by atoms with Gasteiger partial charge in [-0.1, -0.05) is 24.3 Å². The van der Waals surface area contributed by atoms with Crippen LogP contribution in [0.25, 0.3) is 22.3 Å². The van der Waals surface area contributed by atoms with Crippen LogP contribution in [0.4, 0.5) is 0 Å². The maximum Gasteiger partial charge on any atom is 0.126 e. The van der Waals surface area contributed by atoms with Crippen LogP contribution in [0.2, 0.25) is 0 Å². The first-order valence-corrected chi connectivity index (χ1v) is 13.7. The van der Waals surface area contributed by atoms with Crippen LogP contribution in [-0.4, -0.2) is 20.4 Å². The fourth-order valence-electron chi connectivity index (χ4n) is 5.53. The Morgan fingerprint density at radius 3 is 0.575 bits per heavy atom. The number of phenolic OH excluding ortho intramolecular Hbond substituents is 4. The second-order valence-corrected chi connectivity index (χ2v) is 11.4. The molecular formula is C36H44O4. The van der Waals surface area contributed by atoms with Crippen molar-refractivity contribution < 1.29 is 20.4 Å². The van der Waals surface area contributed by atoms with Crippen LogP contribution in [0.5, 0.6) is 23.0 Å². The highest BCUT2D eigenvalue weighted by Crippen LogP contribution is 2.45. The quantitative estimate of drug-likeness (QED) is 0.204. The van der Waals surface area contributed by atoms with Gasteiger partial charge in [0, 0.05) is 22.3 Å². The minimum atomic E-state index is 0.268. The third-order valence-corrected chi connectivity index (χ3v) is 8.54. The molecule has 4 nitrogen and oxygen atoms in total.